The third-order valence-corrected chi connectivity index (χ3v) is 8.71. The van der Waals surface area contributed by atoms with E-state index in [1.807, 2.05) is 7.11 Å². The van der Waals surface area contributed by atoms with E-state index in [1.54, 1.807) is 0 Å². The zero-order valence-electron chi connectivity index (χ0n) is 20.0. The summed E-state index contributed by atoms with van der Waals surface area (Å²) in [6.07, 6.45) is 21.5. The van der Waals surface area contributed by atoms with Crippen molar-refractivity contribution in [3.8, 4) is 0 Å². The Labute approximate surface area is 195 Å². The first-order valence-electron chi connectivity index (χ1n) is 13.4. The molecule has 1 N–H and O–H groups in total. The fourth-order valence-electron chi connectivity index (χ4n) is 7.06. The van der Waals surface area contributed by atoms with Crippen molar-refractivity contribution in [1.29, 1.82) is 0 Å². The molecule has 5 atom stereocenters. The number of hydrazine groups is 1. The molecule has 4 nitrogen and oxygen atoms in total. The molecule has 5 unspecified atom stereocenters. The maximum atomic E-state index is 6.16. The van der Waals surface area contributed by atoms with Crippen LogP contribution in [0.15, 0.2) is 36.4 Å². The number of fused-ring (bicyclic) bond motifs is 2. The molecule has 1 heterocycles. The van der Waals surface area contributed by atoms with Crippen LogP contribution in [0.3, 0.4) is 0 Å². The van der Waals surface area contributed by atoms with Crippen LogP contribution in [0.25, 0.3) is 6.08 Å². The number of hydrogen-bond donors (Lipinski definition) is 1. The van der Waals surface area contributed by atoms with Gasteiger partial charge in [0.2, 0.25) is 0 Å². The van der Waals surface area contributed by atoms with Gasteiger partial charge in [-0.3, -0.25) is 4.90 Å². The molecule has 1 aromatic rings. The summed E-state index contributed by atoms with van der Waals surface area (Å²) in [4.78, 5) is 2.73. The number of nitrogens with zero attached hydrogens (tertiary/aromatic N) is 2. The minimum atomic E-state index is 0.0225. The topological polar surface area (TPSA) is 27.7 Å². The SMILES string of the molecule is COC(C=Cc1ccccc1)N(C1CCN(C2CCCCCCC2)N1)C1CC2CCC1C2. The number of rotatable bonds is 7. The van der Waals surface area contributed by atoms with Gasteiger partial charge in [-0.05, 0) is 62.0 Å². The lowest BCUT2D eigenvalue weighted by Crippen LogP contribution is -2.57. The fraction of sp³-hybridized carbons (Fsp3) is 0.714. The van der Waals surface area contributed by atoms with Crippen LogP contribution in [0.5, 0.6) is 0 Å². The van der Waals surface area contributed by atoms with Gasteiger partial charge in [-0.1, -0.05) is 74.9 Å². The average molecular weight is 438 g/mol. The highest BCUT2D eigenvalue weighted by Gasteiger charge is 2.47. The molecule has 0 radical (unpaired) electrons. The van der Waals surface area contributed by atoms with E-state index in [9.17, 15) is 0 Å². The quantitative estimate of drug-likeness (QED) is 0.545. The highest BCUT2D eigenvalue weighted by atomic mass is 16.5. The standard InChI is InChI=1S/C28H43N3O/c1-32-28(17-15-22-10-6-5-7-11-22)31(26-21-23-14-16-24(26)20-23)27-18-19-30(29-27)25-12-8-3-2-4-9-13-25/h5-7,10-11,15,17,23-29H,2-4,8-9,12-14,16,18-21H2,1H3. The lowest BCUT2D eigenvalue weighted by atomic mass is 9.93. The maximum absolute atomic E-state index is 6.16. The van der Waals surface area contributed by atoms with Gasteiger partial charge in [-0.25, -0.2) is 10.4 Å². The van der Waals surface area contributed by atoms with Crippen molar-refractivity contribution < 1.29 is 4.74 Å². The molecular formula is C28H43N3O. The molecule has 1 saturated heterocycles. The van der Waals surface area contributed by atoms with Gasteiger partial charge in [0.1, 0.15) is 6.23 Å². The third kappa shape index (κ3) is 5.14. The Bertz CT molecular complexity index is 729. The van der Waals surface area contributed by atoms with Crippen LogP contribution in [0.2, 0.25) is 0 Å². The minimum Gasteiger partial charge on any atom is -0.363 e. The molecule has 2 bridgehead atoms. The van der Waals surface area contributed by atoms with Crippen LogP contribution in [0.4, 0.5) is 0 Å². The molecule has 0 spiro atoms. The van der Waals surface area contributed by atoms with E-state index in [2.05, 4.69) is 57.8 Å². The summed E-state index contributed by atoms with van der Waals surface area (Å²) in [6, 6.07) is 12.0. The van der Waals surface area contributed by atoms with E-state index in [0.717, 1.165) is 11.8 Å². The normalized spacial score (nSPS) is 33.2. The van der Waals surface area contributed by atoms with E-state index < -0.39 is 0 Å². The van der Waals surface area contributed by atoms with Crippen LogP contribution >= 0.6 is 0 Å². The predicted octanol–water partition coefficient (Wildman–Crippen LogP) is 5.81. The Balaban J connectivity index is 1.32. The molecule has 3 aliphatic carbocycles. The minimum absolute atomic E-state index is 0.0225. The summed E-state index contributed by atoms with van der Waals surface area (Å²) >= 11 is 0. The van der Waals surface area contributed by atoms with Crippen molar-refractivity contribution in [1.82, 2.24) is 15.3 Å². The monoisotopic (exact) mass is 437 g/mol. The van der Waals surface area contributed by atoms with Crippen LogP contribution in [-0.4, -0.2) is 48.0 Å². The van der Waals surface area contributed by atoms with E-state index >= 15 is 0 Å². The fourth-order valence-corrected chi connectivity index (χ4v) is 7.06. The van der Waals surface area contributed by atoms with Crippen molar-refractivity contribution in [2.75, 3.05) is 13.7 Å². The molecule has 3 saturated carbocycles. The van der Waals surface area contributed by atoms with Gasteiger partial charge in [0, 0.05) is 25.7 Å². The van der Waals surface area contributed by atoms with E-state index in [1.165, 1.54) is 89.2 Å². The van der Waals surface area contributed by atoms with Crippen molar-refractivity contribution in [2.45, 2.75) is 102 Å². The van der Waals surface area contributed by atoms with Crippen LogP contribution in [-0.2, 0) is 4.74 Å². The van der Waals surface area contributed by atoms with Gasteiger partial charge in [0.15, 0.2) is 0 Å². The molecule has 5 rings (SSSR count). The van der Waals surface area contributed by atoms with Gasteiger partial charge < -0.3 is 4.74 Å². The highest BCUT2D eigenvalue weighted by molar-refractivity contribution is 5.49. The second kappa shape index (κ2) is 10.8. The Morgan fingerprint density at radius 3 is 2.44 bits per heavy atom. The molecule has 0 aromatic heterocycles. The van der Waals surface area contributed by atoms with Gasteiger partial charge in [-0.2, -0.15) is 0 Å². The first kappa shape index (κ1) is 22.6. The summed E-state index contributed by atoms with van der Waals surface area (Å²) in [5, 5.41) is 2.61. The number of nitrogens with one attached hydrogen (secondary N) is 1. The van der Waals surface area contributed by atoms with Gasteiger partial charge in [0.05, 0.1) is 6.17 Å². The largest absolute Gasteiger partial charge is 0.363 e. The van der Waals surface area contributed by atoms with E-state index in [0.29, 0.717) is 18.2 Å². The molecule has 0 amide bonds. The zero-order valence-corrected chi connectivity index (χ0v) is 20.0. The van der Waals surface area contributed by atoms with E-state index in [4.69, 9.17) is 4.74 Å². The van der Waals surface area contributed by atoms with Crippen LogP contribution < -0.4 is 5.43 Å². The lowest BCUT2D eigenvalue weighted by molar-refractivity contribution is -0.0754. The first-order chi connectivity index (χ1) is 15.8. The second-order valence-electron chi connectivity index (χ2n) is 10.7. The molecule has 4 fully saturated rings. The Morgan fingerprint density at radius 1 is 0.969 bits per heavy atom. The maximum Gasteiger partial charge on any atom is 0.131 e. The zero-order chi connectivity index (χ0) is 21.8. The lowest BCUT2D eigenvalue weighted by Gasteiger charge is -2.42. The van der Waals surface area contributed by atoms with Crippen LogP contribution in [0.1, 0.15) is 82.6 Å². The van der Waals surface area contributed by atoms with Crippen molar-refractivity contribution in [3.05, 3.63) is 42.0 Å². The van der Waals surface area contributed by atoms with Crippen molar-refractivity contribution >= 4 is 6.08 Å². The predicted molar refractivity (Wildman–Crippen MR) is 132 cm³/mol. The molecular weight excluding hydrogens is 394 g/mol. The van der Waals surface area contributed by atoms with Gasteiger partial charge in [-0.15, -0.1) is 0 Å². The number of hydrogen-bond acceptors (Lipinski definition) is 4. The summed E-state index contributed by atoms with van der Waals surface area (Å²) in [5.74, 6) is 1.78. The summed E-state index contributed by atoms with van der Waals surface area (Å²) in [6.45, 7) is 1.17. The molecule has 4 aliphatic rings. The van der Waals surface area contributed by atoms with E-state index in [-0.39, 0.29) is 6.23 Å². The van der Waals surface area contributed by atoms with Gasteiger partial charge in [0.25, 0.3) is 0 Å². The molecule has 4 heteroatoms. The Kier molecular flexibility index (Phi) is 7.64. The number of benzene rings is 1. The average Bonchev–Trinajstić information content (AvgIpc) is 3.55. The molecule has 1 aromatic carbocycles. The molecule has 32 heavy (non-hydrogen) atoms. The number of methoxy groups -OCH3 is 1. The highest BCUT2D eigenvalue weighted by Crippen LogP contribution is 2.48. The van der Waals surface area contributed by atoms with Gasteiger partial charge >= 0.3 is 0 Å². The van der Waals surface area contributed by atoms with Crippen molar-refractivity contribution in [2.24, 2.45) is 11.8 Å². The Hall–Kier alpha value is -1.20. The summed E-state index contributed by atoms with van der Waals surface area (Å²) in [7, 11) is 1.89. The molecule has 1 aliphatic heterocycles. The first-order valence-corrected chi connectivity index (χ1v) is 13.4. The second-order valence-corrected chi connectivity index (χ2v) is 10.7. The van der Waals surface area contributed by atoms with Crippen LogP contribution in [0, 0.1) is 11.8 Å². The summed E-state index contributed by atoms with van der Waals surface area (Å²) < 4.78 is 6.16. The third-order valence-electron chi connectivity index (χ3n) is 8.71. The molecule has 176 valence electrons. The summed E-state index contributed by atoms with van der Waals surface area (Å²) in [5.41, 5.74) is 5.25. The Morgan fingerprint density at radius 2 is 1.75 bits per heavy atom. The smallest absolute Gasteiger partial charge is 0.131 e. The van der Waals surface area contributed by atoms with Crippen molar-refractivity contribution in [3.63, 3.8) is 0 Å². The number of ether oxygens (including phenoxy) is 1.